The number of carbonyl (C=O) groups is 1. The molecule has 0 spiro atoms. The van der Waals surface area contributed by atoms with Gasteiger partial charge in [-0.15, -0.1) is 34.0 Å². The summed E-state index contributed by atoms with van der Waals surface area (Å²) in [5, 5.41) is 4.18. The van der Waals surface area contributed by atoms with Gasteiger partial charge in [0.2, 0.25) is 0 Å². The summed E-state index contributed by atoms with van der Waals surface area (Å²) in [7, 11) is 0. The molecule has 0 saturated heterocycles. The molecule has 1 saturated carbocycles. The van der Waals surface area contributed by atoms with Crippen molar-refractivity contribution in [3.63, 3.8) is 0 Å². The van der Waals surface area contributed by atoms with Crippen molar-refractivity contribution < 1.29 is 9.53 Å². The second-order valence-corrected chi connectivity index (χ2v) is 10.3. The largest absolute Gasteiger partial charge is 0.465 e. The minimum absolute atomic E-state index is 0.102. The van der Waals surface area contributed by atoms with E-state index >= 15 is 0 Å². The smallest absolute Gasteiger partial charge is 0.310 e. The molecule has 138 valence electrons. The van der Waals surface area contributed by atoms with Crippen molar-refractivity contribution in [2.75, 3.05) is 6.61 Å². The van der Waals surface area contributed by atoms with E-state index in [4.69, 9.17) is 4.74 Å². The molecule has 0 aromatic carbocycles. The predicted octanol–water partition coefficient (Wildman–Crippen LogP) is 6.50. The molecule has 3 aromatic rings. The molecule has 3 atom stereocenters. The van der Waals surface area contributed by atoms with Gasteiger partial charge < -0.3 is 4.74 Å². The first-order valence-corrected chi connectivity index (χ1v) is 11.9. The molecule has 2 bridgehead atoms. The lowest BCUT2D eigenvalue weighted by atomic mass is 9.95. The van der Waals surface area contributed by atoms with Crippen LogP contribution in [0.2, 0.25) is 0 Å². The third-order valence-electron chi connectivity index (χ3n) is 5.53. The van der Waals surface area contributed by atoms with Gasteiger partial charge in [0, 0.05) is 19.5 Å². The van der Waals surface area contributed by atoms with Crippen LogP contribution in [0.5, 0.6) is 0 Å². The van der Waals surface area contributed by atoms with Gasteiger partial charge in [-0.05, 0) is 65.1 Å². The van der Waals surface area contributed by atoms with Gasteiger partial charge in [0.25, 0.3) is 0 Å². The summed E-state index contributed by atoms with van der Waals surface area (Å²) in [5.74, 6) is 1.75. The van der Waals surface area contributed by atoms with E-state index in [0.29, 0.717) is 24.9 Å². The molecular weight excluding hydrogens is 392 g/mol. The van der Waals surface area contributed by atoms with Crippen LogP contribution in [0.3, 0.4) is 0 Å². The second kappa shape index (κ2) is 7.38. The number of thiophene rings is 3. The van der Waals surface area contributed by atoms with Crippen molar-refractivity contribution in [2.24, 2.45) is 17.8 Å². The summed E-state index contributed by atoms with van der Waals surface area (Å²) < 4.78 is 5.69. The summed E-state index contributed by atoms with van der Waals surface area (Å²) in [6, 6.07) is 10.6. The Bertz CT molecular complexity index is 950. The fourth-order valence-electron chi connectivity index (χ4n) is 4.21. The van der Waals surface area contributed by atoms with Gasteiger partial charge in [-0.25, -0.2) is 0 Å². The zero-order valence-corrected chi connectivity index (χ0v) is 17.2. The minimum Gasteiger partial charge on any atom is -0.465 e. The molecule has 2 aliphatic rings. The third kappa shape index (κ3) is 3.56. The molecule has 0 aliphatic heterocycles. The highest BCUT2D eigenvalue weighted by Crippen LogP contribution is 2.44. The molecule has 0 amide bonds. The zero-order chi connectivity index (χ0) is 18.2. The van der Waals surface area contributed by atoms with E-state index in [1.165, 1.54) is 32.4 Å². The lowest BCUT2D eigenvalue weighted by Crippen LogP contribution is -2.18. The van der Waals surface area contributed by atoms with Crippen LogP contribution >= 0.6 is 34.0 Å². The van der Waals surface area contributed by atoms with Crippen molar-refractivity contribution >= 4 is 40.0 Å². The van der Waals surface area contributed by atoms with Crippen LogP contribution < -0.4 is 0 Å². The number of ether oxygens (including phenoxy) is 1. The van der Waals surface area contributed by atoms with Crippen molar-refractivity contribution in [1.29, 1.82) is 0 Å². The number of esters is 1. The Morgan fingerprint density at radius 2 is 1.85 bits per heavy atom. The third-order valence-corrected chi connectivity index (χ3v) is 8.82. The topological polar surface area (TPSA) is 26.3 Å². The number of hydrogen-bond acceptors (Lipinski definition) is 5. The summed E-state index contributed by atoms with van der Waals surface area (Å²) in [4.78, 5) is 17.5. The van der Waals surface area contributed by atoms with Gasteiger partial charge in [0.1, 0.15) is 0 Å². The maximum absolute atomic E-state index is 12.6. The molecule has 5 rings (SSSR count). The van der Waals surface area contributed by atoms with Gasteiger partial charge in [-0.3, -0.25) is 4.79 Å². The van der Waals surface area contributed by atoms with Crippen LogP contribution in [0, 0.1) is 17.8 Å². The Morgan fingerprint density at radius 3 is 2.52 bits per heavy atom. The van der Waals surface area contributed by atoms with E-state index in [9.17, 15) is 4.79 Å². The summed E-state index contributed by atoms with van der Waals surface area (Å²) >= 11 is 5.24. The maximum atomic E-state index is 12.6. The summed E-state index contributed by atoms with van der Waals surface area (Å²) in [5.41, 5.74) is 1.09. The molecule has 0 unspecified atom stereocenters. The van der Waals surface area contributed by atoms with Gasteiger partial charge in [-0.1, -0.05) is 24.3 Å². The monoisotopic (exact) mass is 412 g/mol. The molecular formula is C22H20O2S3. The van der Waals surface area contributed by atoms with E-state index < -0.39 is 0 Å². The van der Waals surface area contributed by atoms with Crippen LogP contribution in [0.25, 0.3) is 19.5 Å². The highest BCUT2D eigenvalue weighted by atomic mass is 32.1. The fourth-order valence-corrected chi connectivity index (χ4v) is 7.10. The van der Waals surface area contributed by atoms with Gasteiger partial charge in [0.05, 0.1) is 13.0 Å². The van der Waals surface area contributed by atoms with Crippen LogP contribution in [0.1, 0.15) is 18.4 Å². The fraction of sp³-hybridized carbons (Fsp3) is 0.318. The minimum atomic E-state index is -0.102. The molecule has 2 aliphatic carbocycles. The number of hydrogen-bond donors (Lipinski definition) is 0. The van der Waals surface area contributed by atoms with Crippen LogP contribution in [-0.2, 0) is 16.0 Å². The number of carbonyl (C=O) groups excluding carboxylic acids is 1. The average molecular weight is 413 g/mol. The Kier molecular flexibility index (Phi) is 4.76. The normalized spacial score (nSPS) is 23.2. The zero-order valence-electron chi connectivity index (χ0n) is 14.8. The second-order valence-electron chi connectivity index (χ2n) is 7.32. The van der Waals surface area contributed by atoms with Crippen LogP contribution in [-0.4, -0.2) is 12.6 Å². The first kappa shape index (κ1) is 17.4. The van der Waals surface area contributed by atoms with E-state index in [2.05, 4.69) is 53.2 Å². The number of allylic oxidation sites excluding steroid dienone is 2. The molecule has 1 fully saturated rings. The van der Waals surface area contributed by atoms with Gasteiger partial charge >= 0.3 is 5.97 Å². The molecule has 3 aromatic heterocycles. The molecule has 5 heteroatoms. The Balaban J connectivity index is 1.31. The Hall–Kier alpha value is -1.69. The van der Waals surface area contributed by atoms with Crippen molar-refractivity contribution in [1.82, 2.24) is 0 Å². The molecule has 2 nitrogen and oxygen atoms in total. The highest BCUT2D eigenvalue weighted by molar-refractivity contribution is 7.26. The van der Waals surface area contributed by atoms with Gasteiger partial charge in [0.15, 0.2) is 0 Å². The van der Waals surface area contributed by atoms with Crippen molar-refractivity contribution in [3.05, 3.63) is 58.8 Å². The number of rotatable bonds is 6. The van der Waals surface area contributed by atoms with Gasteiger partial charge in [-0.2, -0.15) is 0 Å². The van der Waals surface area contributed by atoms with Crippen molar-refractivity contribution in [2.45, 2.75) is 19.3 Å². The van der Waals surface area contributed by atoms with E-state index in [-0.39, 0.29) is 5.97 Å². The van der Waals surface area contributed by atoms with Crippen LogP contribution in [0.15, 0.2) is 53.2 Å². The Labute approximate surface area is 171 Å². The predicted molar refractivity (Wildman–Crippen MR) is 114 cm³/mol. The van der Waals surface area contributed by atoms with E-state index in [0.717, 1.165) is 11.5 Å². The number of fused-ring (bicyclic) bond motifs is 2. The molecule has 3 heterocycles. The maximum Gasteiger partial charge on any atom is 0.310 e. The molecule has 0 radical (unpaired) electrons. The lowest BCUT2D eigenvalue weighted by Gasteiger charge is -2.17. The first-order chi connectivity index (χ1) is 13.3. The lowest BCUT2D eigenvalue weighted by molar-refractivity contribution is -0.144. The standard InChI is InChI=1S/C22H20O2S3/c23-21(24-13-17-10-14-5-6-15(17)9-14)12-16-11-20(18-3-1-7-25-18)27-22(16)19-4-2-8-26-19/h1-8,11,14-15,17H,9-10,12-13H2/t14-,15+,17-/m1/s1. The summed E-state index contributed by atoms with van der Waals surface area (Å²) in [6.07, 6.45) is 7.42. The van der Waals surface area contributed by atoms with E-state index in [1.807, 2.05) is 0 Å². The highest BCUT2D eigenvalue weighted by Gasteiger charge is 2.36. The SMILES string of the molecule is O=C(Cc1cc(-c2cccs2)sc1-c1cccs1)OC[C@H]1C[C@@H]2C=C[C@H]1C2. The van der Waals surface area contributed by atoms with Crippen LogP contribution in [0.4, 0.5) is 0 Å². The average Bonchev–Trinajstić information content (AvgIpc) is 3.49. The first-order valence-electron chi connectivity index (χ1n) is 9.30. The van der Waals surface area contributed by atoms with Crippen molar-refractivity contribution in [3.8, 4) is 19.5 Å². The quantitative estimate of drug-likeness (QED) is 0.341. The summed E-state index contributed by atoms with van der Waals surface area (Å²) in [6.45, 7) is 0.570. The molecule has 27 heavy (non-hydrogen) atoms. The Morgan fingerprint density at radius 1 is 1.04 bits per heavy atom. The van der Waals surface area contributed by atoms with E-state index in [1.54, 1.807) is 34.0 Å². The molecule has 0 N–H and O–H groups in total.